The van der Waals surface area contributed by atoms with E-state index in [1.165, 1.54) is 17.0 Å². The van der Waals surface area contributed by atoms with Gasteiger partial charge in [0.25, 0.3) is 5.91 Å². The molecule has 0 saturated carbocycles. The van der Waals surface area contributed by atoms with Crippen LogP contribution in [-0.2, 0) is 43.2 Å². The van der Waals surface area contributed by atoms with Crippen LogP contribution in [0.3, 0.4) is 0 Å². The Hall–Kier alpha value is -7.95. The molecular weight excluding hydrogens is 1000 g/mol. The minimum atomic E-state index is -1.47. The number of guanidine groups is 1. The van der Waals surface area contributed by atoms with Crippen molar-refractivity contribution in [1.29, 1.82) is 0 Å². The van der Waals surface area contributed by atoms with Crippen LogP contribution in [0, 0.1) is 5.92 Å². The lowest BCUT2D eigenvalue weighted by Crippen LogP contribution is -2.57. The molecule has 0 spiro atoms. The molecule has 0 aliphatic carbocycles. The Balaban J connectivity index is 2.50. The number of rotatable bonds is 39. The van der Waals surface area contributed by atoms with E-state index >= 15 is 0 Å². The van der Waals surface area contributed by atoms with E-state index in [9.17, 15) is 78.6 Å². The Morgan fingerprint density at radius 3 is 1.79 bits per heavy atom. The van der Waals surface area contributed by atoms with Crippen LogP contribution in [0.5, 0.6) is 5.75 Å². The minimum absolute atomic E-state index is 0.0341. The molecule has 2 aromatic rings. The van der Waals surface area contributed by atoms with Crippen LogP contribution in [0.2, 0.25) is 0 Å². The zero-order chi connectivity index (χ0) is 56.9. The monoisotopic (exact) mass is 1070 g/mol. The minimum Gasteiger partial charge on any atom is -0.491 e. The molecule has 0 heterocycles. The first kappa shape index (κ1) is 64.2. The van der Waals surface area contributed by atoms with Crippen molar-refractivity contribution in [3.05, 3.63) is 54.1 Å². The summed E-state index contributed by atoms with van der Waals surface area (Å²) in [4.78, 5) is 133. The maximum atomic E-state index is 14.1. The van der Waals surface area contributed by atoms with Crippen LogP contribution < -0.4 is 43.2 Å². The number of nitrogens with two attached hydrogens (primary N) is 3. The summed E-state index contributed by atoms with van der Waals surface area (Å²) in [6, 6.07) is 7.99. The Labute approximate surface area is 438 Å². The second kappa shape index (κ2) is 33.8. The third-order valence-corrected chi connectivity index (χ3v) is 11.6. The Kier molecular flexibility index (Phi) is 28.5. The normalized spacial score (nSPS) is 13.1. The van der Waals surface area contributed by atoms with E-state index in [0.29, 0.717) is 36.9 Å². The van der Waals surface area contributed by atoms with E-state index in [1.54, 1.807) is 50.2 Å². The molecule has 28 heteroatoms. The molecule has 4 amide bonds. The Morgan fingerprint density at radius 2 is 1.24 bits per heavy atom. The van der Waals surface area contributed by atoms with Gasteiger partial charge in [0.05, 0.1) is 50.9 Å². The van der Waals surface area contributed by atoms with E-state index in [4.69, 9.17) is 21.9 Å². The SMILES string of the molecule is CCC(C)[C@H](NC(=O)CNC(=O)c1cc(-c2ccccc2)ccc1OC[C@@H](CN(CCN(CC(=O)O)CC(=O)O)CC(=O)O)N(CC(=O)O)CC(=O)O)C(=O)N[C@@H](CCCN=C(N)N)C(=O)N[C@@H](CCCCN)C(=O)O. The van der Waals surface area contributed by atoms with E-state index in [0.717, 1.165) is 9.80 Å². The lowest BCUT2D eigenvalue weighted by molar-refractivity contribution is -0.145. The van der Waals surface area contributed by atoms with Crippen molar-refractivity contribution in [3.8, 4) is 16.9 Å². The lowest BCUT2D eigenvalue weighted by Gasteiger charge is -2.34. The molecule has 0 fully saturated rings. The number of hydrogen-bond acceptors (Lipinski definition) is 16. The van der Waals surface area contributed by atoms with Crippen molar-refractivity contribution in [2.75, 3.05) is 78.6 Å². The topological polar surface area (TPSA) is 450 Å². The maximum Gasteiger partial charge on any atom is 0.326 e. The molecule has 5 atom stereocenters. The molecular formula is C48H71N11O17. The van der Waals surface area contributed by atoms with Gasteiger partial charge in [0.2, 0.25) is 17.7 Å². The Morgan fingerprint density at radius 1 is 0.671 bits per heavy atom. The zero-order valence-corrected chi connectivity index (χ0v) is 42.4. The van der Waals surface area contributed by atoms with Crippen molar-refractivity contribution in [1.82, 2.24) is 36.0 Å². The van der Waals surface area contributed by atoms with Crippen LogP contribution in [0.1, 0.15) is 62.7 Å². The third-order valence-electron chi connectivity index (χ3n) is 11.6. The molecule has 0 saturated heterocycles. The van der Waals surface area contributed by atoms with Crippen LogP contribution >= 0.6 is 0 Å². The van der Waals surface area contributed by atoms with Gasteiger partial charge >= 0.3 is 35.8 Å². The van der Waals surface area contributed by atoms with Crippen molar-refractivity contribution >= 4 is 65.4 Å². The van der Waals surface area contributed by atoms with Crippen molar-refractivity contribution in [2.45, 2.75) is 76.5 Å². The molecule has 420 valence electrons. The molecule has 76 heavy (non-hydrogen) atoms. The smallest absolute Gasteiger partial charge is 0.326 e. The van der Waals surface area contributed by atoms with Gasteiger partial charge in [0.15, 0.2) is 5.96 Å². The first-order valence-electron chi connectivity index (χ1n) is 24.2. The molecule has 0 aliphatic heterocycles. The number of benzene rings is 2. The number of aliphatic imine (C=N–C) groups is 1. The number of aliphatic carboxylic acids is 6. The van der Waals surface area contributed by atoms with Gasteiger partial charge in [0.1, 0.15) is 30.5 Å². The molecule has 0 radical (unpaired) electrons. The predicted molar refractivity (Wildman–Crippen MR) is 272 cm³/mol. The highest BCUT2D eigenvalue weighted by Crippen LogP contribution is 2.27. The van der Waals surface area contributed by atoms with Gasteiger partial charge in [-0.3, -0.25) is 62.8 Å². The highest BCUT2D eigenvalue weighted by molar-refractivity contribution is 6.00. The fraction of sp³-hybridized carbons (Fsp3) is 0.521. The molecule has 2 rings (SSSR count). The molecule has 0 aromatic heterocycles. The third kappa shape index (κ3) is 24.9. The summed E-state index contributed by atoms with van der Waals surface area (Å²) in [5.74, 6) is -12.6. The first-order valence-corrected chi connectivity index (χ1v) is 24.2. The number of carbonyl (C=O) groups is 10. The fourth-order valence-electron chi connectivity index (χ4n) is 7.61. The van der Waals surface area contributed by atoms with Crippen LogP contribution in [-0.4, -0.2) is 214 Å². The largest absolute Gasteiger partial charge is 0.491 e. The summed E-state index contributed by atoms with van der Waals surface area (Å²) in [5.41, 5.74) is 17.4. The summed E-state index contributed by atoms with van der Waals surface area (Å²) >= 11 is 0. The molecule has 16 N–H and O–H groups in total. The first-order chi connectivity index (χ1) is 35.9. The number of carboxylic acids is 6. The van der Waals surface area contributed by atoms with Gasteiger partial charge in [-0.05, 0) is 67.8 Å². The summed E-state index contributed by atoms with van der Waals surface area (Å²) in [7, 11) is 0. The van der Waals surface area contributed by atoms with Crippen molar-refractivity contribution < 1.29 is 83.3 Å². The maximum absolute atomic E-state index is 14.1. The lowest BCUT2D eigenvalue weighted by atomic mass is 9.97. The van der Waals surface area contributed by atoms with E-state index in [2.05, 4.69) is 26.3 Å². The summed E-state index contributed by atoms with van der Waals surface area (Å²) in [5, 5.41) is 67.9. The van der Waals surface area contributed by atoms with E-state index < -0.39 is 142 Å². The molecule has 0 bridgehead atoms. The quantitative estimate of drug-likeness (QED) is 0.0194. The summed E-state index contributed by atoms with van der Waals surface area (Å²) in [6.45, 7) is -2.46. The zero-order valence-electron chi connectivity index (χ0n) is 42.4. The number of hydrogen-bond donors (Lipinski definition) is 13. The highest BCUT2D eigenvalue weighted by Gasteiger charge is 2.33. The van der Waals surface area contributed by atoms with Gasteiger partial charge < -0.3 is 73.8 Å². The average Bonchev–Trinajstić information content (AvgIpc) is 3.34. The summed E-state index contributed by atoms with van der Waals surface area (Å²) in [6.07, 6.45) is 1.47. The number of ether oxygens (including phenoxy) is 1. The van der Waals surface area contributed by atoms with Crippen LogP contribution in [0.15, 0.2) is 53.5 Å². The molecule has 28 nitrogen and oxygen atoms in total. The van der Waals surface area contributed by atoms with Gasteiger partial charge in [-0.25, -0.2) is 4.79 Å². The van der Waals surface area contributed by atoms with Gasteiger partial charge in [-0.15, -0.1) is 0 Å². The molecule has 2 aromatic carbocycles. The Bertz CT molecular complexity index is 2290. The molecule has 1 unspecified atom stereocenters. The van der Waals surface area contributed by atoms with E-state index in [1.807, 2.05) is 0 Å². The number of nitrogens with zero attached hydrogens (tertiary/aromatic N) is 4. The number of amides is 4. The van der Waals surface area contributed by atoms with Crippen molar-refractivity contribution in [3.63, 3.8) is 0 Å². The van der Waals surface area contributed by atoms with Crippen LogP contribution in [0.4, 0.5) is 0 Å². The second-order valence-corrected chi connectivity index (χ2v) is 17.7. The second-order valence-electron chi connectivity index (χ2n) is 17.7. The number of carboxylic acid groups (broad SMARTS) is 6. The van der Waals surface area contributed by atoms with Crippen molar-refractivity contribution in [2.24, 2.45) is 28.1 Å². The standard InChI is InChI=1S/C48H71N11O17/c1-3-29(2)43(46(73)54-34(13-9-17-52-48(50)51)45(72)55-35(47(74)75)12-7-8-16-49)56-37(60)21-53-44(71)33-20-31(30-10-5-4-6-11-30)14-15-36(33)76-28-32(59(26-41(67)68)27-42(69)70)22-57(23-38(61)62)18-19-58(24-39(63)64)25-40(65)66/h4-6,10-11,14-15,20,29,32,34-35,43H,3,7-9,12-13,16-19,21-28,49H2,1-2H3,(H,53,71)(H,54,73)(H,55,72)(H,56,60)(H,61,62)(H,63,64)(H,65,66)(H,67,68)(H,69,70)(H,74,75)(H4,50,51,52)/t29?,32-,34+,35+,43+/m1/s1. The number of unbranched alkanes of at least 4 members (excludes halogenated alkanes) is 1. The summed E-state index contributed by atoms with van der Waals surface area (Å²) < 4.78 is 6.13. The van der Waals surface area contributed by atoms with E-state index in [-0.39, 0.29) is 56.2 Å². The highest BCUT2D eigenvalue weighted by atomic mass is 16.5. The fourth-order valence-corrected chi connectivity index (χ4v) is 7.61. The van der Waals surface area contributed by atoms with Gasteiger partial charge in [-0.1, -0.05) is 56.7 Å². The molecule has 0 aliphatic rings. The van der Waals surface area contributed by atoms with Crippen LogP contribution in [0.25, 0.3) is 11.1 Å². The van der Waals surface area contributed by atoms with Gasteiger partial charge in [-0.2, -0.15) is 0 Å². The number of nitrogens with one attached hydrogen (secondary N) is 4. The number of carbonyl (C=O) groups excluding carboxylic acids is 4. The predicted octanol–water partition coefficient (Wildman–Crippen LogP) is -2.07. The van der Waals surface area contributed by atoms with Gasteiger partial charge in [0, 0.05) is 26.2 Å². The average molecular weight is 1070 g/mol.